The van der Waals surface area contributed by atoms with Gasteiger partial charge in [0.25, 0.3) is 5.91 Å². The third-order valence-electron chi connectivity index (χ3n) is 3.48. The molecule has 5 heteroatoms. The lowest BCUT2D eigenvalue weighted by atomic mass is 10.1. The monoisotopic (exact) mass is 292 g/mol. The normalized spacial score (nSPS) is 11.1. The van der Waals surface area contributed by atoms with Gasteiger partial charge in [-0.1, -0.05) is 18.2 Å². The Kier molecular flexibility index (Phi) is 3.62. The van der Waals surface area contributed by atoms with Crippen LogP contribution < -0.4 is 11.2 Å². The van der Waals surface area contributed by atoms with Crippen LogP contribution in [0.3, 0.4) is 0 Å². The summed E-state index contributed by atoms with van der Waals surface area (Å²) in [7, 11) is 0. The van der Waals surface area contributed by atoms with Gasteiger partial charge in [0.2, 0.25) is 0 Å². The van der Waals surface area contributed by atoms with Crippen molar-refractivity contribution in [3.63, 3.8) is 0 Å². The summed E-state index contributed by atoms with van der Waals surface area (Å²) in [5.41, 5.74) is 12.3. The molecule has 0 spiro atoms. The molecule has 0 saturated carbocycles. The molecule has 4 N–H and O–H groups in total. The number of aryl methyl sites for hydroxylation is 1. The molecule has 0 fully saturated rings. The lowest BCUT2D eigenvalue weighted by molar-refractivity contribution is 0.0955. The van der Waals surface area contributed by atoms with Gasteiger partial charge >= 0.3 is 0 Å². The van der Waals surface area contributed by atoms with Gasteiger partial charge in [-0.05, 0) is 37.3 Å². The van der Waals surface area contributed by atoms with E-state index in [0.29, 0.717) is 11.3 Å². The van der Waals surface area contributed by atoms with E-state index >= 15 is 0 Å². The molecule has 0 unspecified atom stereocenters. The highest BCUT2D eigenvalue weighted by atomic mass is 16.2. The van der Waals surface area contributed by atoms with Crippen molar-refractivity contribution in [1.82, 2.24) is 10.4 Å². The minimum Gasteiger partial charge on any atom is -0.399 e. The molecule has 0 radical (unpaired) electrons. The molecule has 5 nitrogen and oxygen atoms in total. The number of anilines is 1. The maximum absolute atomic E-state index is 12.0. The molecular formula is C17H16N4O. The number of benzene rings is 2. The van der Waals surface area contributed by atoms with Gasteiger partial charge in [0, 0.05) is 33.4 Å². The van der Waals surface area contributed by atoms with Crippen LogP contribution in [-0.4, -0.2) is 17.1 Å². The number of carbonyl (C=O) groups is 1. The first kappa shape index (κ1) is 13.9. The summed E-state index contributed by atoms with van der Waals surface area (Å²) >= 11 is 0. The first-order valence-electron chi connectivity index (χ1n) is 6.91. The van der Waals surface area contributed by atoms with Crippen LogP contribution >= 0.6 is 0 Å². The van der Waals surface area contributed by atoms with Gasteiger partial charge in [0.1, 0.15) is 0 Å². The average Bonchev–Trinajstić information content (AvgIpc) is 2.84. The molecule has 1 amide bonds. The molecule has 0 aliphatic carbocycles. The molecule has 2 aromatic carbocycles. The number of amides is 1. The summed E-state index contributed by atoms with van der Waals surface area (Å²) in [4.78, 5) is 15.2. The summed E-state index contributed by atoms with van der Waals surface area (Å²) in [6.07, 6.45) is 1.66. The molecule has 0 atom stereocenters. The quantitative estimate of drug-likeness (QED) is 0.394. The van der Waals surface area contributed by atoms with Crippen LogP contribution in [0.5, 0.6) is 0 Å². The van der Waals surface area contributed by atoms with Crippen molar-refractivity contribution >= 4 is 28.7 Å². The Morgan fingerprint density at radius 1 is 1.18 bits per heavy atom. The molecule has 1 heterocycles. The van der Waals surface area contributed by atoms with Gasteiger partial charge in [-0.25, -0.2) is 5.43 Å². The number of nitrogens with zero attached hydrogens (tertiary/aromatic N) is 1. The highest BCUT2D eigenvalue weighted by Gasteiger charge is 2.06. The Labute approximate surface area is 127 Å². The minimum atomic E-state index is -0.270. The van der Waals surface area contributed by atoms with Gasteiger partial charge in [0.05, 0.1) is 6.21 Å². The van der Waals surface area contributed by atoms with E-state index in [9.17, 15) is 4.79 Å². The van der Waals surface area contributed by atoms with Crippen molar-refractivity contribution < 1.29 is 4.79 Å². The van der Waals surface area contributed by atoms with Crippen LogP contribution in [0.1, 0.15) is 21.6 Å². The minimum absolute atomic E-state index is 0.270. The summed E-state index contributed by atoms with van der Waals surface area (Å²) in [5.74, 6) is -0.270. The molecule has 3 rings (SSSR count). The second-order valence-corrected chi connectivity index (χ2v) is 5.03. The zero-order valence-electron chi connectivity index (χ0n) is 12.1. The number of rotatable bonds is 3. The Morgan fingerprint density at radius 3 is 2.68 bits per heavy atom. The Bertz CT molecular complexity index is 847. The highest BCUT2D eigenvalue weighted by Crippen LogP contribution is 2.19. The van der Waals surface area contributed by atoms with E-state index < -0.39 is 0 Å². The standard InChI is InChI=1S/C17H16N4O/c1-11-15(14-4-2-3-5-16(14)20-11)10-19-21-17(22)12-6-8-13(18)9-7-12/h2-10,20H,18H2,1H3,(H,21,22). The Hall–Kier alpha value is -3.08. The van der Waals surface area contributed by atoms with Crippen LogP contribution in [-0.2, 0) is 0 Å². The van der Waals surface area contributed by atoms with Gasteiger partial charge in [-0.3, -0.25) is 4.79 Å². The third-order valence-corrected chi connectivity index (χ3v) is 3.48. The number of aromatic nitrogens is 1. The van der Waals surface area contributed by atoms with Crippen LogP contribution in [0.25, 0.3) is 10.9 Å². The van der Waals surface area contributed by atoms with E-state index in [1.165, 1.54) is 0 Å². The molecule has 1 aromatic heterocycles. The van der Waals surface area contributed by atoms with Gasteiger partial charge in [-0.2, -0.15) is 5.10 Å². The average molecular weight is 292 g/mol. The zero-order valence-corrected chi connectivity index (χ0v) is 12.1. The number of para-hydroxylation sites is 1. The number of nitrogen functional groups attached to an aromatic ring is 1. The number of carbonyl (C=O) groups excluding carboxylic acids is 1. The number of H-pyrrole nitrogens is 1. The Morgan fingerprint density at radius 2 is 1.91 bits per heavy atom. The van der Waals surface area contributed by atoms with Crippen LogP contribution in [0.15, 0.2) is 53.6 Å². The van der Waals surface area contributed by atoms with E-state index in [1.807, 2.05) is 31.2 Å². The highest BCUT2D eigenvalue weighted by molar-refractivity contribution is 6.01. The van der Waals surface area contributed by atoms with Crippen molar-refractivity contribution in [2.45, 2.75) is 6.92 Å². The topological polar surface area (TPSA) is 83.3 Å². The number of aromatic amines is 1. The van der Waals surface area contributed by atoms with E-state index in [-0.39, 0.29) is 5.91 Å². The first-order valence-corrected chi connectivity index (χ1v) is 6.91. The predicted molar refractivity (Wildman–Crippen MR) is 89.0 cm³/mol. The maximum atomic E-state index is 12.0. The van der Waals surface area contributed by atoms with Crippen LogP contribution in [0.4, 0.5) is 5.69 Å². The molecule has 3 aromatic rings. The molecule has 0 aliphatic rings. The number of hydrogen-bond donors (Lipinski definition) is 3. The number of nitrogens with two attached hydrogens (primary N) is 1. The predicted octanol–water partition coefficient (Wildman–Crippen LogP) is 2.82. The molecular weight excluding hydrogens is 276 g/mol. The number of nitrogens with one attached hydrogen (secondary N) is 2. The van der Waals surface area contributed by atoms with Crippen LogP contribution in [0, 0.1) is 6.92 Å². The SMILES string of the molecule is Cc1[nH]c2ccccc2c1C=NNC(=O)c1ccc(N)cc1. The van der Waals surface area contributed by atoms with Gasteiger partial charge in [-0.15, -0.1) is 0 Å². The third kappa shape index (κ3) is 2.69. The molecule has 0 aliphatic heterocycles. The number of fused-ring (bicyclic) bond motifs is 1. The summed E-state index contributed by atoms with van der Waals surface area (Å²) in [6, 6.07) is 14.7. The van der Waals surface area contributed by atoms with Gasteiger partial charge in [0.15, 0.2) is 0 Å². The number of hydrazone groups is 1. The number of hydrogen-bond acceptors (Lipinski definition) is 3. The Balaban J connectivity index is 1.77. The van der Waals surface area contributed by atoms with Crippen molar-refractivity contribution in [3.8, 4) is 0 Å². The molecule has 0 bridgehead atoms. The molecule has 0 saturated heterocycles. The fourth-order valence-electron chi connectivity index (χ4n) is 2.32. The van der Waals surface area contributed by atoms with E-state index in [0.717, 1.165) is 22.2 Å². The second kappa shape index (κ2) is 5.73. The van der Waals surface area contributed by atoms with Crippen LogP contribution in [0.2, 0.25) is 0 Å². The first-order chi connectivity index (χ1) is 10.6. The zero-order chi connectivity index (χ0) is 15.5. The second-order valence-electron chi connectivity index (χ2n) is 5.03. The van der Waals surface area contributed by atoms with Crippen molar-refractivity contribution in [1.29, 1.82) is 0 Å². The lowest BCUT2D eigenvalue weighted by Gasteiger charge is -2.00. The lowest BCUT2D eigenvalue weighted by Crippen LogP contribution is -2.17. The van der Waals surface area contributed by atoms with Crippen molar-refractivity contribution in [3.05, 3.63) is 65.4 Å². The summed E-state index contributed by atoms with van der Waals surface area (Å²) in [5, 5.41) is 5.12. The van der Waals surface area contributed by atoms with E-state index in [2.05, 4.69) is 15.5 Å². The smallest absolute Gasteiger partial charge is 0.271 e. The fourth-order valence-corrected chi connectivity index (χ4v) is 2.32. The van der Waals surface area contributed by atoms with Crippen molar-refractivity contribution in [2.24, 2.45) is 5.10 Å². The van der Waals surface area contributed by atoms with E-state index in [4.69, 9.17) is 5.73 Å². The largest absolute Gasteiger partial charge is 0.399 e. The molecule has 110 valence electrons. The van der Waals surface area contributed by atoms with Crippen molar-refractivity contribution in [2.75, 3.05) is 5.73 Å². The van der Waals surface area contributed by atoms with Gasteiger partial charge < -0.3 is 10.7 Å². The maximum Gasteiger partial charge on any atom is 0.271 e. The summed E-state index contributed by atoms with van der Waals surface area (Å²) < 4.78 is 0. The summed E-state index contributed by atoms with van der Waals surface area (Å²) in [6.45, 7) is 1.98. The fraction of sp³-hybridized carbons (Fsp3) is 0.0588. The van der Waals surface area contributed by atoms with E-state index in [1.54, 1.807) is 30.5 Å². The molecule has 22 heavy (non-hydrogen) atoms.